The van der Waals surface area contributed by atoms with Crippen LogP contribution in [-0.4, -0.2) is 90.7 Å². The molecule has 6 N–H and O–H groups in total. The minimum atomic E-state index is -0.504. The summed E-state index contributed by atoms with van der Waals surface area (Å²) >= 11 is 0. The van der Waals surface area contributed by atoms with Gasteiger partial charge in [-0.2, -0.15) is 0 Å². The van der Waals surface area contributed by atoms with E-state index in [1.165, 1.54) is 0 Å². The predicted octanol–water partition coefficient (Wildman–Crippen LogP) is 0.549. The van der Waals surface area contributed by atoms with Crippen LogP contribution in [0.5, 0.6) is 0 Å². The van der Waals surface area contributed by atoms with Gasteiger partial charge in [0.15, 0.2) is 0 Å². The number of carbonyl (C=O) groups is 1. The van der Waals surface area contributed by atoms with E-state index in [0.717, 1.165) is 90.4 Å². The Kier molecular flexibility index (Phi) is 15.9. The van der Waals surface area contributed by atoms with Gasteiger partial charge in [-0.15, -0.1) is 5.10 Å². The van der Waals surface area contributed by atoms with Gasteiger partial charge in [0.25, 0.3) is 0 Å². The molecule has 1 saturated heterocycles. The lowest BCUT2D eigenvalue weighted by Gasteiger charge is -2.25. The van der Waals surface area contributed by atoms with Gasteiger partial charge >= 0.3 is 0 Å². The Balaban J connectivity index is 0.00000281. The standard InChI is InChI=1S/C22H45N9O.C2H6/c1-22(2,3)20(23)21(32)27-10-6-15-31-18-19(28-29-31)17-30-14-5-9-25-12-11-24-7-4-8-26-13-16-30;1-2/h18,20,24-26H,4-17,23H2,1-3H3,(H,27,32);1-2H3/t20-;/m1./s1. The Morgan fingerprint density at radius 2 is 1.71 bits per heavy atom. The number of nitrogens with two attached hydrogens (primary N) is 1. The van der Waals surface area contributed by atoms with E-state index in [9.17, 15) is 4.79 Å². The molecule has 10 nitrogen and oxygen atoms in total. The monoisotopic (exact) mass is 481 g/mol. The maximum Gasteiger partial charge on any atom is 0.237 e. The molecule has 1 aromatic heterocycles. The molecule has 0 aromatic carbocycles. The van der Waals surface area contributed by atoms with Crippen LogP contribution in [0, 0.1) is 5.41 Å². The van der Waals surface area contributed by atoms with Crippen molar-refractivity contribution in [1.29, 1.82) is 0 Å². The summed E-state index contributed by atoms with van der Waals surface area (Å²) in [6.07, 6.45) is 5.08. The Bertz CT molecular complexity index is 631. The number of aromatic nitrogens is 3. The third kappa shape index (κ3) is 13.3. The number of nitrogens with one attached hydrogen (secondary N) is 4. The van der Waals surface area contributed by atoms with E-state index in [1.54, 1.807) is 0 Å². The fraction of sp³-hybridized carbons (Fsp3) is 0.875. The Labute approximate surface area is 207 Å². The highest BCUT2D eigenvalue weighted by Gasteiger charge is 2.26. The molecule has 198 valence electrons. The van der Waals surface area contributed by atoms with Crippen molar-refractivity contribution in [1.82, 2.24) is 41.2 Å². The van der Waals surface area contributed by atoms with Gasteiger partial charge in [-0.1, -0.05) is 39.8 Å². The molecule has 34 heavy (non-hydrogen) atoms. The molecule has 0 radical (unpaired) electrons. The van der Waals surface area contributed by atoms with Crippen molar-refractivity contribution in [2.24, 2.45) is 11.1 Å². The highest BCUT2D eigenvalue weighted by atomic mass is 16.2. The van der Waals surface area contributed by atoms with Crippen LogP contribution < -0.4 is 27.0 Å². The Morgan fingerprint density at radius 3 is 2.38 bits per heavy atom. The van der Waals surface area contributed by atoms with Crippen molar-refractivity contribution in [3.05, 3.63) is 11.9 Å². The van der Waals surface area contributed by atoms with Gasteiger partial charge in [-0.3, -0.25) is 14.4 Å². The van der Waals surface area contributed by atoms with Crippen molar-refractivity contribution in [2.45, 2.75) is 73.0 Å². The zero-order valence-electron chi connectivity index (χ0n) is 22.3. The Morgan fingerprint density at radius 1 is 1.06 bits per heavy atom. The number of aryl methyl sites for hydroxylation is 1. The third-order valence-corrected chi connectivity index (χ3v) is 5.67. The minimum Gasteiger partial charge on any atom is -0.355 e. The molecule has 1 aliphatic heterocycles. The quantitative estimate of drug-likeness (QED) is 0.358. The van der Waals surface area contributed by atoms with Gasteiger partial charge < -0.3 is 27.0 Å². The normalized spacial score (nSPS) is 18.3. The second-order valence-electron chi connectivity index (χ2n) is 9.69. The van der Waals surface area contributed by atoms with Crippen LogP contribution in [0.1, 0.15) is 59.6 Å². The molecule has 1 amide bonds. The second kappa shape index (κ2) is 17.8. The zero-order valence-corrected chi connectivity index (χ0v) is 22.3. The molecule has 0 spiro atoms. The van der Waals surface area contributed by atoms with Crippen molar-refractivity contribution < 1.29 is 4.79 Å². The van der Waals surface area contributed by atoms with Crippen molar-refractivity contribution >= 4 is 5.91 Å². The summed E-state index contributed by atoms with van der Waals surface area (Å²) in [5, 5.41) is 22.1. The highest BCUT2D eigenvalue weighted by Crippen LogP contribution is 2.17. The number of hydrogen-bond acceptors (Lipinski definition) is 8. The van der Waals surface area contributed by atoms with E-state index in [1.807, 2.05) is 45.5 Å². The molecular formula is C24H51N9O. The van der Waals surface area contributed by atoms with E-state index in [2.05, 4.69) is 36.5 Å². The van der Waals surface area contributed by atoms with Gasteiger partial charge in [0.05, 0.1) is 11.7 Å². The smallest absolute Gasteiger partial charge is 0.237 e. The molecule has 1 atom stereocenters. The second-order valence-corrected chi connectivity index (χ2v) is 9.69. The van der Waals surface area contributed by atoms with Gasteiger partial charge in [0.2, 0.25) is 5.91 Å². The maximum absolute atomic E-state index is 12.1. The van der Waals surface area contributed by atoms with E-state index in [4.69, 9.17) is 5.73 Å². The van der Waals surface area contributed by atoms with E-state index >= 15 is 0 Å². The lowest BCUT2D eigenvalue weighted by atomic mass is 9.87. The summed E-state index contributed by atoms with van der Waals surface area (Å²) in [6.45, 7) is 20.2. The van der Waals surface area contributed by atoms with Gasteiger partial charge in [0, 0.05) is 52.0 Å². The molecular weight excluding hydrogens is 430 g/mol. The first-order valence-electron chi connectivity index (χ1n) is 13.1. The number of hydrogen-bond donors (Lipinski definition) is 5. The van der Waals surface area contributed by atoms with Gasteiger partial charge in [0.1, 0.15) is 0 Å². The van der Waals surface area contributed by atoms with Crippen molar-refractivity contribution in [3.8, 4) is 0 Å². The fourth-order valence-electron chi connectivity index (χ4n) is 3.53. The first-order chi connectivity index (χ1) is 16.4. The van der Waals surface area contributed by atoms with Crippen LogP contribution in [-0.2, 0) is 17.9 Å². The molecule has 0 aliphatic carbocycles. The lowest BCUT2D eigenvalue weighted by Crippen LogP contribution is -2.48. The van der Waals surface area contributed by atoms with Crippen molar-refractivity contribution in [2.75, 3.05) is 58.9 Å². The summed E-state index contributed by atoms with van der Waals surface area (Å²) < 4.78 is 1.86. The van der Waals surface area contributed by atoms with Crippen LogP contribution in [0.4, 0.5) is 0 Å². The summed E-state index contributed by atoms with van der Waals surface area (Å²) in [5.74, 6) is -0.0993. The summed E-state index contributed by atoms with van der Waals surface area (Å²) in [6, 6.07) is -0.504. The topological polar surface area (TPSA) is 125 Å². The molecule has 0 unspecified atom stereocenters. The highest BCUT2D eigenvalue weighted by molar-refractivity contribution is 5.82. The summed E-state index contributed by atoms with van der Waals surface area (Å²) in [4.78, 5) is 14.6. The molecule has 1 aromatic rings. The van der Waals surface area contributed by atoms with E-state index < -0.39 is 6.04 Å². The Hall–Kier alpha value is -1.59. The molecule has 0 bridgehead atoms. The van der Waals surface area contributed by atoms with E-state index in [-0.39, 0.29) is 11.3 Å². The number of carbonyl (C=O) groups excluding carboxylic acids is 1. The molecule has 10 heteroatoms. The minimum absolute atomic E-state index is 0.0993. The zero-order chi connectivity index (χ0) is 25.2. The first kappa shape index (κ1) is 30.4. The van der Waals surface area contributed by atoms with Crippen molar-refractivity contribution in [3.63, 3.8) is 0 Å². The fourth-order valence-corrected chi connectivity index (χ4v) is 3.53. The van der Waals surface area contributed by atoms with Crippen LogP contribution in [0.15, 0.2) is 6.20 Å². The third-order valence-electron chi connectivity index (χ3n) is 5.67. The number of amides is 1. The molecule has 1 fully saturated rings. The largest absolute Gasteiger partial charge is 0.355 e. The average molecular weight is 482 g/mol. The summed E-state index contributed by atoms with van der Waals surface area (Å²) in [7, 11) is 0. The van der Waals surface area contributed by atoms with E-state index in [0.29, 0.717) is 6.54 Å². The van der Waals surface area contributed by atoms with Crippen LogP contribution in [0.2, 0.25) is 0 Å². The van der Waals surface area contributed by atoms with Crippen LogP contribution >= 0.6 is 0 Å². The molecule has 2 heterocycles. The average Bonchev–Trinajstić information content (AvgIpc) is 3.26. The number of nitrogens with zero attached hydrogens (tertiary/aromatic N) is 4. The number of rotatable bonds is 7. The van der Waals surface area contributed by atoms with Gasteiger partial charge in [-0.25, -0.2) is 0 Å². The van der Waals surface area contributed by atoms with Crippen LogP contribution in [0.25, 0.3) is 0 Å². The first-order valence-corrected chi connectivity index (χ1v) is 13.1. The predicted molar refractivity (Wildman–Crippen MR) is 140 cm³/mol. The maximum atomic E-state index is 12.1. The van der Waals surface area contributed by atoms with Gasteiger partial charge in [-0.05, 0) is 50.9 Å². The SMILES string of the molecule is CC.CC(C)(C)[C@H](N)C(=O)NCCCn1cc(CN2CCCNCCNCCCNCC2)nn1. The lowest BCUT2D eigenvalue weighted by molar-refractivity contribution is -0.124. The molecule has 0 saturated carbocycles. The summed E-state index contributed by atoms with van der Waals surface area (Å²) in [5.41, 5.74) is 6.74. The molecule has 2 rings (SSSR count). The van der Waals surface area contributed by atoms with Crippen LogP contribution in [0.3, 0.4) is 0 Å². The molecule has 1 aliphatic rings.